The number of carbonyl (C=O) groups is 1. The number of hydrogen-bond donors (Lipinski definition) is 1. The zero-order chi connectivity index (χ0) is 12.1. The van der Waals surface area contributed by atoms with Crippen molar-refractivity contribution >= 4 is 23.1 Å². The molecule has 0 aliphatic heterocycles. The average molecular weight is 237 g/mol. The molecule has 2 N–H and O–H groups in total. The van der Waals surface area contributed by atoms with Gasteiger partial charge in [0.2, 0.25) is 0 Å². The Bertz CT molecular complexity index is 406. The molecule has 1 aromatic rings. The van der Waals surface area contributed by atoms with Gasteiger partial charge in [-0.25, -0.2) is 0 Å². The maximum atomic E-state index is 12.0. The van der Waals surface area contributed by atoms with Crippen molar-refractivity contribution in [2.45, 2.75) is 13.8 Å². The molecule has 0 aliphatic carbocycles. The summed E-state index contributed by atoms with van der Waals surface area (Å²) in [5, 5.41) is 0. The van der Waals surface area contributed by atoms with Gasteiger partial charge in [-0.05, 0) is 26.0 Å². The number of nitrogens with two attached hydrogens (primary N) is 1. The van der Waals surface area contributed by atoms with E-state index in [9.17, 15) is 4.79 Å². The van der Waals surface area contributed by atoms with Crippen molar-refractivity contribution in [2.24, 2.45) is 5.73 Å². The monoisotopic (exact) mass is 237 g/mol. The molecule has 0 saturated heterocycles. The Kier molecular flexibility index (Phi) is 4.37. The van der Waals surface area contributed by atoms with Crippen LogP contribution in [0.25, 0.3) is 0 Å². The lowest BCUT2D eigenvalue weighted by molar-refractivity contribution is 0.0787. The van der Waals surface area contributed by atoms with Gasteiger partial charge in [-0.2, -0.15) is 0 Å². The topological polar surface area (TPSA) is 59.2 Å². The summed E-state index contributed by atoms with van der Waals surface area (Å²) in [5.41, 5.74) is 6.87. The minimum Gasteiger partial charge on any atom is -0.392 e. The molecule has 0 atom stereocenters. The van der Waals surface area contributed by atoms with Crippen LogP contribution in [0.2, 0.25) is 0 Å². The van der Waals surface area contributed by atoms with Crippen LogP contribution in [0.5, 0.6) is 0 Å². The van der Waals surface area contributed by atoms with Gasteiger partial charge in [-0.1, -0.05) is 12.2 Å². The number of thiocarbonyl (C=S) groups is 1. The highest BCUT2D eigenvalue weighted by atomic mass is 32.1. The van der Waals surface area contributed by atoms with Crippen molar-refractivity contribution in [3.63, 3.8) is 0 Å². The largest absolute Gasteiger partial charge is 0.392 e. The van der Waals surface area contributed by atoms with E-state index in [4.69, 9.17) is 18.0 Å². The van der Waals surface area contributed by atoms with Crippen LogP contribution in [0.3, 0.4) is 0 Å². The van der Waals surface area contributed by atoms with Crippen molar-refractivity contribution in [1.82, 2.24) is 9.88 Å². The van der Waals surface area contributed by atoms with E-state index < -0.39 is 0 Å². The van der Waals surface area contributed by atoms with E-state index in [1.54, 1.807) is 23.2 Å². The number of carbonyl (C=O) groups excluding carboxylic acids is 1. The van der Waals surface area contributed by atoms with Gasteiger partial charge < -0.3 is 10.6 Å². The molecule has 0 saturated carbocycles. The Labute approximate surface area is 100 Å². The highest BCUT2D eigenvalue weighted by Crippen LogP contribution is 2.05. The lowest BCUT2D eigenvalue weighted by Gasteiger charge is -2.20. The van der Waals surface area contributed by atoms with Crippen LogP contribution in [0.1, 0.15) is 23.0 Å². The number of pyridine rings is 1. The van der Waals surface area contributed by atoms with Crippen molar-refractivity contribution < 1.29 is 4.79 Å². The van der Waals surface area contributed by atoms with E-state index in [0.717, 1.165) is 5.69 Å². The van der Waals surface area contributed by atoms with Gasteiger partial charge in [-0.3, -0.25) is 9.78 Å². The number of rotatable bonds is 4. The van der Waals surface area contributed by atoms with E-state index in [2.05, 4.69) is 4.98 Å². The SMILES string of the molecule is CCN(CC(N)=S)C(=O)c1ccnc(C)c1. The molecule has 0 aromatic carbocycles. The average Bonchev–Trinajstić information content (AvgIpc) is 2.24. The second kappa shape index (κ2) is 5.55. The van der Waals surface area contributed by atoms with E-state index in [-0.39, 0.29) is 5.91 Å². The smallest absolute Gasteiger partial charge is 0.254 e. The van der Waals surface area contributed by atoms with Crippen molar-refractivity contribution in [1.29, 1.82) is 0 Å². The number of nitrogens with zero attached hydrogens (tertiary/aromatic N) is 2. The fourth-order valence-corrected chi connectivity index (χ4v) is 1.53. The number of amides is 1. The summed E-state index contributed by atoms with van der Waals surface area (Å²) in [6, 6.07) is 3.45. The van der Waals surface area contributed by atoms with Crippen molar-refractivity contribution in [3.8, 4) is 0 Å². The van der Waals surface area contributed by atoms with Gasteiger partial charge in [0.25, 0.3) is 5.91 Å². The Hall–Kier alpha value is -1.49. The molecular formula is C11H15N3OS. The Morgan fingerprint density at radius 3 is 2.81 bits per heavy atom. The second-order valence-electron chi connectivity index (χ2n) is 3.47. The summed E-state index contributed by atoms with van der Waals surface area (Å²) in [6.07, 6.45) is 1.62. The fourth-order valence-electron chi connectivity index (χ4n) is 1.38. The zero-order valence-corrected chi connectivity index (χ0v) is 10.3. The molecule has 0 fully saturated rings. The van der Waals surface area contributed by atoms with Crippen molar-refractivity contribution in [2.75, 3.05) is 13.1 Å². The molecule has 5 heteroatoms. The summed E-state index contributed by atoms with van der Waals surface area (Å²) in [6.45, 7) is 4.63. The van der Waals surface area contributed by atoms with E-state index >= 15 is 0 Å². The van der Waals surface area contributed by atoms with Gasteiger partial charge in [-0.15, -0.1) is 0 Å². The maximum absolute atomic E-state index is 12.0. The fraction of sp³-hybridized carbons (Fsp3) is 0.364. The first kappa shape index (κ1) is 12.6. The molecule has 1 rings (SSSR count). The van der Waals surface area contributed by atoms with Gasteiger partial charge >= 0.3 is 0 Å². The zero-order valence-electron chi connectivity index (χ0n) is 9.43. The number of aromatic nitrogens is 1. The van der Waals surface area contributed by atoms with Crippen LogP contribution in [0.15, 0.2) is 18.3 Å². The Balaban J connectivity index is 2.86. The molecule has 0 aliphatic rings. The molecule has 86 valence electrons. The minimum atomic E-state index is -0.0687. The molecule has 1 aromatic heterocycles. The predicted molar refractivity (Wildman–Crippen MR) is 67.3 cm³/mol. The molecule has 0 unspecified atom stereocenters. The van der Waals surface area contributed by atoms with Crippen LogP contribution in [-0.2, 0) is 0 Å². The summed E-state index contributed by atoms with van der Waals surface area (Å²) in [7, 11) is 0. The summed E-state index contributed by atoms with van der Waals surface area (Å²) < 4.78 is 0. The highest BCUT2D eigenvalue weighted by molar-refractivity contribution is 7.80. The van der Waals surface area contributed by atoms with Crippen LogP contribution in [0.4, 0.5) is 0 Å². The molecular weight excluding hydrogens is 222 g/mol. The third kappa shape index (κ3) is 3.27. The van der Waals surface area contributed by atoms with Gasteiger partial charge in [0.15, 0.2) is 0 Å². The van der Waals surface area contributed by atoms with Crippen molar-refractivity contribution in [3.05, 3.63) is 29.6 Å². The van der Waals surface area contributed by atoms with E-state index in [0.29, 0.717) is 23.6 Å². The van der Waals surface area contributed by atoms with Gasteiger partial charge in [0.05, 0.1) is 11.5 Å². The van der Waals surface area contributed by atoms with Gasteiger partial charge in [0.1, 0.15) is 0 Å². The van der Waals surface area contributed by atoms with Crippen LogP contribution < -0.4 is 5.73 Å². The van der Waals surface area contributed by atoms with Crippen LogP contribution in [-0.4, -0.2) is 33.9 Å². The number of likely N-dealkylation sites (N-methyl/N-ethyl adjacent to an activating group) is 1. The normalized spacial score (nSPS) is 9.88. The van der Waals surface area contributed by atoms with Crippen LogP contribution in [0, 0.1) is 6.92 Å². The Morgan fingerprint density at radius 1 is 1.62 bits per heavy atom. The van der Waals surface area contributed by atoms with E-state index in [1.807, 2.05) is 13.8 Å². The quantitative estimate of drug-likeness (QED) is 0.798. The molecule has 0 bridgehead atoms. The molecule has 0 radical (unpaired) electrons. The maximum Gasteiger partial charge on any atom is 0.254 e. The lowest BCUT2D eigenvalue weighted by Crippen LogP contribution is -2.37. The van der Waals surface area contributed by atoms with Gasteiger partial charge in [0, 0.05) is 24.0 Å². The standard InChI is InChI=1S/C11H15N3OS/c1-3-14(7-10(12)16)11(15)9-4-5-13-8(2)6-9/h4-6H,3,7H2,1-2H3,(H2,12,16). The minimum absolute atomic E-state index is 0.0687. The number of hydrogen-bond acceptors (Lipinski definition) is 3. The molecule has 1 amide bonds. The third-order valence-corrected chi connectivity index (χ3v) is 2.29. The summed E-state index contributed by atoms with van der Waals surface area (Å²) in [5.74, 6) is -0.0687. The first-order valence-corrected chi connectivity index (χ1v) is 5.45. The van der Waals surface area contributed by atoms with E-state index in [1.165, 1.54) is 0 Å². The lowest BCUT2D eigenvalue weighted by atomic mass is 10.2. The highest BCUT2D eigenvalue weighted by Gasteiger charge is 2.14. The summed E-state index contributed by atoms with van der Waals surface area (Å²) >= 11 is 4.80. The Morgan fingerprint density at radius 2 is 2.31 bits per heavy atom. The first-order valence-electron chi connectivity index (χ1n) is 5.04. The third-order valence-electron chi connectivity index (χ3n) is 2.16. The molecule has 16 heavy (non-hydrogen) atoms. The molecule has 1 heterocycles. The second-order valence-corrected chi connectivity index (χ2v) is 4.00. The summed E-state index contributed by atoms with van der Waals surface area (Å²) in [4.78, 5) is 18.0. The molecule has 0 spiro atoms. The van der Waals surface area contributed by atoms with Crippen LogP contribution >= 0.6 is 12.2 Å². The predicted octanol–water partition coefficient (Wildman–Crippen LogP) is 1.14. The molecule has 4 nitrogen and oxygen atoms in total. The first-order chi connectivity index (χ1) is 7.54. The number of aryl methyl sites for hydroxylation is 1.